The molecule has 2 rings (SSSR count). The fourth-order valence-electron chi connectivity index (χ4n) is 2.44. The Bertz CT molecular complexity index is 608. The van der Waals surface area contributed by atoms with Crippen molar-refractivity contribution in [2.45, 2.75) is 32.9 Å². The van der Waals surface area contributed by atoms with E-state index in [1.165, 1.54) is 5.56 Å². The standard InChI is InChI=1S/C18H21NO2/c1-3-17(14-7-5-4-6-8-14)19-12-16-10-9-15(18(20)21)11-13(16)2/h4-11,17,19H,3,12H2,1-2H3,(H,20,21). The molecular formula is C18H21NO2. The van der Waals surface area contributed by atoms with Crippen LogP contribution in [0.2, 0.25) is 0 Å². The van der Waals surface area contributed by atoms with Crippen molar-refractivity contribution in [2.24, 2.45) is 0 Å². The lowest BCUT2D eigenvalue weighted by molar-refractivity contribution is 0.0697. The summed E-state index contributed by atoms with van der Waals surface area (Å²) in [6.45, 7) is 4.84. The predicted molar refractivity (Wildman–Crippen MR) is 84.5 cm³/mol. The first-order valence-electron chi connectivity index (χ1n) is 7.23. The quantitative estimate of drug-likeness (QED) is 0.844. The zero-order valence-corrected chi connectivity index (χ0v) is 12.5. The van der Waals surface area contributed by atoms with Crippen LogP contribution in [-0.2, 0) is 6.54 Å². The van der Waals surface area contributed by atoms with Gasteiger partial charge < -0.3 is 10.4 Å². The average molecular weight is 283 g/mol. The molecule has 0 aliphatic heterocycles. The molecule has 110 valence electrons. The van der Waals surface area contributed by atoms with E-state index in [0.717, 1.165) is 24.1 Å². The number of rotatable bonds is 6. The van der Waals surface area contributed by atoms with Crippen LogP contribution < -0.4 is 5.32 Å². The topological polar surface area (TPSA) is 49.3 Å². The number of hydrogen-bond donors (Lipinski definition) is 2. The fourth-order valence-corrected chi connectivity index (χ4v) is 2.44. The first-order valence-corrected chi connectivity index (χ1v) is 7.23. The molecule has 3 heteroatoms. The van der Waals surface area contributed by atoms with Crippen molar-refractivity contribution in [3.8, 4) is 0 Å². The van der Waals surface area contributed by atoms with Crippen LogP contribution in [0.4, 0.5) is 0 Å². The Kier molecular flexibility index (Phi) is 5.12. The molecule has 0 radical (unpaired) electrons. The Labute approximate surface area is 125 Å². The van der Waals surface area contributed by atoms with Gasteiger partial charge in [0.2, 0.25) is 0 Å². The number of carboxylic acid groups (broad SMARTS) is 1. The Balaban J connectivity index is 2.07. The first kappa shape index (κ1) is 15.3. The van der Waals surface area contributed by atoms with Crippen molar-refractivity contribution >= 4 is 5.97 Å². The van der Waals surface area contributed by atoms with Crippen molar-refractivity contribution in [1.29, 1.82) is 0 Å². The summed E-state index contributed by atoms with van der Waals surface area (Å²) in [6.07, 6.45) is 1.01. The molecule has 2 N–H and O–H groups in total. The van der Waals surface area contributed by atoms with Crippen molar-refractivity contribution in [3.63, 3.8) is 0 Å². The second-order valence-electron chi connectivity index (χ2n) is 5.20. The molecule has 1 atom stereocenters. The van der Waals surface area contributed by atoms with Gasteiger partial charge in [-0.2, -0.15) is 0 Å². The van der Waals surface area contributed by atoms with Gasteiger partial charge in [0.05, 0.1) is 5.56 Å². The molecule has 0 amide bonds. The van der Waals surface area contributed by atoms with Gasteiger partial charge in [-0.25, -0.2) is 4.79 Å². The zero-order chi connectivity index (χ0) is 15.2. The minimum Gasteiger partial charge on any atom is -0.478 e. The second kappa shape index (κ2) is 7.04. The average Bonchev–Trinajstić information content (AvgIpc) is 2.50. The molecule has 0 fully saturated rings. The minimum atomic E-state index is -0.881. The molecule has 0 saturated heterocycles. The Morgan fingerprint density at radius 1 is 1.19 bits per heavy atom. The molecule has 2 aromatic carbocycles. The van der Waals surface area contributed by atoms with Gasteiger partial charge in [-0.3, -0.25) is 0 Å². The summed E-state index contributed by atoms with van der Waals surface area (Å²) in [5.74, 6) is -0.881. The molecule has 2 aromatic rings. The van der Waals surface area contributed by atoms with E-state index in [9.17, 15) is 4.79 Å². The summed E-state index contributed by atoms with van der Waals surface area (Å²) in [5.41, 5.74) is 3.76. The van der Waals surface area contributed by atoms with Crippen molar-refractivity contribution in [2.75, 3.05) is 0 Å². The van der Waals surface area contributed by atoms with E-state index in [0.29, 0.717) is 11.6 Å². The van der Waals surface area contributed by atoms with Crippen LogP contribution in [-0.4, -0.2) is 11.1 Å². The number of carboxylic acids is 1. The third-order valence-electron chi connectivity index (χ3n) is 3.74. The highest BCUT2D eigenvalue weighted by Crippen LogP contribution is 2.18. The van der Waals surface area contributed by atoms with E-state index >= 15 is 0 Å². The maximum atomic E-state index is 10.9. The highest BCUT2D eigenvalue weighted by atomic mass is 16.4. The van der Waals surface area contributed by atoms with Gasteiger partial charge in [-0.05, 0) is 42.2 Å². The van der Waals surface area contributed by atoms with E-state index in [-0.39, 0.29) is 0 Å². The monoisotopic (exact) mass is 283 g/mol. The van der Waals surface area contributed by atoms with E-state index in [1.807, 2.05) is 31.2 Å². The lowest BCUT2D eigenvalue weighted by Crippen LogP contribution is -2.20. The molecule has 0 aliphatic rings. The first-order chi connectivity index (χ1) is 10.1. The summed E-state index contributed by atoms with van der Waals surface area (Å²) in [7, 11) is 0. The van der Waals surface area contributed by atoms with Gasteiger partial charge in [0.25, 0.3) is 0 Å². The Hall–Kier alpha value is -2.13. The number of aromatic carboxylic acids is 1. The summed E-state index contributed by atoms with van der Waals surface area (Å²) in [6, 6.07) is 16.0. The molecule has 3 nitrogen and oxygen atoms in total. The van der Waals surface area contributed by atoms with E-state index < -0.39 is 5.97 Å². The summed E-state index contributed by atoms with van der Waals surface area (Å²) < 4.78 is 0. The third kappa shape index (κ3) is 3.92. The second-order valence-corrected chi connectivity index (χ2v) is 5.20. The SMILES string of the molecule is CCC(NCc1ccc(C(=O)O)cc1C)c1ccccc1. The molecule has 0 saturated carbocycles. The van der Waals surface area contributed by atoms with E-state index in [2.05, 4.69) is 24.4 Å². The van der Waals surface area contributed by atoms with Gasteiger partial charge in [0, 0.05) is 12.6 Å². The normalized spacial score (nSPS) is 12.1. The highest BCUT2D eigenvalue weighted by molar-refractivity contribution is 5.87. The minimum absolute atomic E-state index is 0.310. The maximum absolute atomic E-state index is 10.9. The number of aryl methyl sites for hydroxylation is 1. The van der Waals surface area contributed by atoms with Gasteiger partial charge >= 0.3 is 5.97 Å². The van der Waals surface area contributed by atoms with Crippen LogP contribution in [0.15, 0.2) is 48.5 Å². The number of carbonyl (C=O) groups is 1. The summed E-state index contributed by atoms with van der Waals surface area (Å²) in [5, 5.41) is 12.5. The van der Waals surface area contributed by atoms with Gasteiger partial charge in [-0.15, -0.1) is 0 Å². The van der Waals surface area contributed by atoms with Crippen LogP contribution >= 0.6 is 0 Å². The molecule has 0 heterocycles. The Morgan fingerprint density at radius 2 is 1.90 bits per heavy atom. The highest BCUT2D eigenvalue weighted by Gasteiger charge is 2.10. The van der Waals surface area contributed by atoms with Gasteiger partial charge in [0.15, 0.2) is 0 Å². The number of hydrogen-bond acceptors (Lipinski definition) is 2. The van der Waals surface area contributed by atoms with Crippen molar-refractivity contribution in [1.82, 2.24) is 5.32 Å². The van der Waals surface area contributed by atoms with Crippen LogP contribution in [0.1, 0.15) is 46.4 Å². The molecule has 21 heavy (non-hydrogen) atoms. The molecule has 0 bridgehead atoms. The predicted octanol–water partition coefficient (Wildman–Crippen LogP) is 3.93. The lowest BCUT2D eigenvalue weighted by atomic mass is 10.0. The third-order valence-corrected chi connectivity index (χ3v) is 3.74. The van der Waals surface area contributed by atoms with Crippen LogP contribution in [0.3, 0.4) is 0 Å². The zero-order valence-electron chi connectivity index (χ0n) is 12.5. The molecule has 0 spiro atoms. The lowest BCUT2D eigenvalue weighted by Gasteiger charge is -2.18. The molecule has 0 aliphatic carbocycles. The Morgan fingerprint density at radius 3 is 2.48 bits per heavy atom. The van der Waals surface area contributed by atoms with Crippen molar-refractivity contribution < 1.29 is 9.90 Å². The molecular weight excluding hydrogens is 262 g/mol. The molecule has 0 aromatic heterocycles. The largest absolute Gasteiger partial charge is 0.478 e. The number of nitrogens with one attached hydrogen (secondary N) is 1. The van der Waals surface area contributed by atoms with Gasteiger partial charge in [-0.1, -0.05) is 43.3 Å². The molecule has 1 unspecified atom stereocenters. The van der Waals surface area contributed by atoms with Crippen LogP contribution in [0.25, 0.3) is 0 Å². The maximum Gasteiger partial charge on any atom is 0.335 e. The summed E-state index contributed by atoms with van der Waals surface area (Å²) >= 11 is 0. The van der Waals surface area contributed by atoms with Crippen molar-refractivity contribution in [3.05, 3.63) is 70.8 Å². The smallest absolute Gasteiger partial charge is 0.335 e. The number of benzene rings is 2. The van der Waals surface area contributed by atoms with Crippen LogP contribution in [0, 0.1) is 6.92 Å². The summed E-state index contributed by atoms with van der Waals surface area (Å²) in [4.78, 5) is 10.9. The van der Waals surface area contributed by atoms with Crippen LogP contribution in [0.5, 0.6) is 0 Å². The van der Waals surface area contributed by atoms with E-state index in [4.69, 9.17) is 5.11 Å². The van der Waals surface area contributed by atoms with E-state index in [1.54, 1.807) is 12.1 Å². The van der Waals surface area contributed by atoms with Gasteiger partial charge in [0.1, 0.15) is 0 Å². The fraction of sp³-hybridized carbons (Fsp3) is 0.278.